The van der Waals surface area contributed by atoms with Gasteiger partial charge in [-0.2, -0.15) is 0 Å². The SMILES string of the molecule is CC(C)C(C)NC(=O)c1cc(S)cs1. The van der Waals surface area contributed by atoms with Crippen molar-refractivity contribution in [1.82, 2.24) is 5.32 Å². The molecular formula is C10H15NOS2. The van der Waals surface area contributed by atoms with Crippen LogP contribution in [0.1, 0.15) is 30.4 Å². The largest absolute Gasteiger partial charge is 0.349 e. The second-order valence-corrected chi connectivity index (χ2v) is 5.10. The molecule has 1 rings (SSSR count). The molecule has 0 saturated carbocycles. The number of amides is 1. The molecule has 0 saturated heterocycles. The lowest BCUT2D eigenvalue weighted by Crippen LogP contribution is -2.35. The van der Waals surface area contributed by atoms with Gasteiger partial charge in [0, 0.05) is 16.3 Å². The smallest absolute Gasteiger partial charge is 0.261 e. The lowest BCUT2D eigenvalue weighted by Gasteiger charge is -2.16. The van der Waals surface area contributed by atoms with Gasteiger partial charge in [-0.25, -0.2) is 0 Å². The van der Waals surface area contributed by atoms with E-state index in [1.807, 2.05) is 12.3 Å². The van der Waals surface area contributed by atoms with E-state index in [-0.39, 0.29) is 11.9 Å². The minimum atomic E-state index is -0.00324. The Morgan fingerprint density at radius 3 is 2.57 bits per heavy atom. The van der Waals surface area contributed by atoms with E-state index in [0.29, 0.717) is 5.92 Å². The van der Waals surface area contributed by atoms with Crippen molar-refractivity contribution in [3.63, 3.8) is 0 Å². The Kier molecular flexibility index (Phi) is 4.01. The number of carbonyl (C=O) groups is 1. The molecule has 0 bridgehead atoms. The fourth-order valence-electron chi connectivity index (χ4n) is 0.890. The summed E-state index contributed by atoms with van der Waals surface area (Å²) in [6.45, 7) is 6.19. The van der Waals surface area contributed by atoms with E-state index in [4.69, 9.17) is 0 Å². The Labute approximate surface area is 94.1 Å². The number of thiophene rings is 1. The Morgan fingerprint density at radius 2 is 2.14 bits per heavy atom. The lowest BCUT2D eigenvalue weighted by molar-refractivity contribution is 0.0934. The molecule has 0 aliphatic rings. The first-order valence-corrected chi connectivity index (χ1v) is 5.91. The van der Waals surface area contributed by atoms with Crippen LogP contribution < -0.4 is 5.32 Å². The summed E-state index contributed by atoms with van der Waals surface area (Å²) in [6, 6.07) is 1.99. The molecule has 1 amide bonds. The third-order valence-corrected chi connectivity index (χ3v) is 3.53. The van der Waals surface area contributed by atoms with E-state index in [1.54, 1.807) is 6.07 Å². The first kappa shape index (κ1) is 11.6. The Balaban J connectivity index is 2.59. The van der Waals surface area contributed by atoms with Gasteiger partial charge in [0.1, 0.15) is 0 Å². The van der Waals surface area contributed by atoms with E-state index in [0.717, 1.165) is 9.77 Å². The van der Waals surface area contributed by atoms with Gasteiger partial charge in [-0.1, -0.05) is 13.8 Å². The van der Waals surface area contributed by atoms with Gasteiger partial charge in [0.15, 0.2) is 0 Å². The van der Waals surface area contributed by atoms with Gasteiger partial charge >= 0.3 is 0 Å². The maximum Gasteiger partial charge on any atom is 0.261 e. The van der Waals surface area contributed by atoms with Crippen LogP contribution in [0.25, 0.3) is 0 Å². The minimum absolute atomic E-state index is 0.00324. The van der Waals surface area contributed by atoms with Crippen LogP contribution in [0, 0.1) is 5.92 Å². The highest BCUT2D eigenvalue weighted by Crippen LogP contribution is 2.17. The number of nitrogens with one attached hydrogen (secondary N) is 1. The van der Waals surface area contributed by atoms with Gasteiger partial charge in [0.2, 0.25) is 0 Å². The zero-order valence-corrected chi connectivity index (χ0v) is 10.3. The zero-order valence-electron chi connectivity index (χ0n) is 8.57. The topological polar surface area (TPSA) is 29.1 Å². The van der Waals surface area contributed by atoms with E-state index in [1.165, 1.54) is 11.3 Å². The molecule has 0 aliphatic carbocycles. The molecule has 0 spiro atoms. The van der Waals surface area contributed by atoms with Gasteiger partial charge in [-0.3, -0.25) is 4.79 Å². The Hall–Kier alpha value is -0.480. The number of carbonyl (C=O) groups excluding carboxylic acids is 1. The summed E-state index contributed by atoms with van der Waals surface area (Å²) in [5.74, 6) is 0.450. The van der Waals surface area contributed by atoms with Gasteiger partial charge in [0.25, 0.3) is 5.91 Å². The van der Waals surface area contributed by atoms with Crippen molar-refractivity contribution in [2.75, 3.05) is 0 Å². The molecule has 1 unspecified atom stereocenters. The Morgan fingerprint density at radius 1 is 1.50 bits per heavy atom. The quantitative estimate of drug-likeness (QED) is 0.767. The lowest BCUT2D eigenvalue weighted by atomic mass is 10.1. The molecule has 1 aromatic rings. The fraction of sp³-hybridized carbons (Fsp3) is 0.500. The minimum Gasteiger partial charge on any atom is -0.349 e. The second-order valence-electron chi connectivity index (χ2n) is 3.68. The standard InChI is InChI=1S/C10H15NOS2/c1-6(2)7(3)11-10(12)9-4-8(13)5-14-9/h4-7,13H,1-3H3,(H,11,12). The summed E-state index contributed by atoms with van der Waals surface area (Å²) in [6.07, 6.45) is 0. The molecule has 1 N–H and O–H groups in total. The zero-order chi connectivity index (χ0) is 10.7. The molecule has 0 aromatic carbocycles. The molecule has 0 fully saturated rings. The van der Waals surface area contributed by atoms with Crippen molar-refractivity contribution in [3.05, 3.63) is 16.3 Å². The number of hydrogen-bond donors (Lipinski definition) is 2. The second kappa shape index (κ2) is 4.84. The van der Waals surface area contributed by atoms with Crippen molar-refractivity contribution in [2.24, 2.45) is 5.92 Å². The molecule has 1 heterocycles. The first-order valence-electron chi connectivity index (χ1n) is 4.59. The van der Waals surface area contributed by atoms with Crippen molar-refractivity contribution in [1.29, 1.82) is 0 Å². The van der Waals surface area contributed by atoms with Gasteiger partial charge in [-0.15, -0.1) is 24.0 Å². The maximum absolute atomic E-state index is 11.6. The summed E-state index contributed by atoms with van der Waals surface area (Å²) >= 11 is 5.58. The fourth-order valence-corrected chi connectivity index (χ4v) is 1.94. The van der Waals surface area contributed by atoms with Gasteiger partial charge < -0.3 is 5.32 Å². The molecular weight excluding hydrogens is 214 g/mol. The molecule has 78 valence electrons. The Bertz CT molecular complexity index is 320. The molecule has 1 aromatic heterocycles. The van der Waals surface area contributed by atoms with Crippen LogP contribution in [0.15, 0.2) is 16.3 Å². The molecule has 4 heteroatoms. The summed E-state index contributed by atoms with van der Waals surface area (Å²) in [5.41, 5.74) is 0. The van der Waals surface area contributed by atoms with Crippen molar-refractivity contribution < 1.29 is 4.79 Å². The van der Waals surface area contributed by atoms with E-state index in [9.17, 15) is 4.79 Å². The monoisotopic (exact) mass is 229 g/mol. The average molecular weight is 229 g/mol. The normalized spacial score (nSPS) is 12.9. The highest BCUT2D eigenvalue weighted by Gasteiger charge is 2.13. The molecule has 0 aliphatic heterocycles. The molecule has 14 heavy (non-hydrogen) atoms. The van der Waals surface area contributed by atoms with E-state index in [2.05, 4.69) is 31.8 Å². The van der Waals surface area contributed by atoms with Crippen molar-refractivity contribution in [2.45, 2.75) is 31.7 Å². The number of thiol groups is 1. The van der Waals surface area contributed by atoms with Crippen LogP contribution in [0.3, 0.4) is 0 Å². The maximum atomic E-state index is 11.6. The van der Waals surface area contributed by atoms with Crippen LogP contribution in [-0.2, 0) is 0 Å². The van der Waals surface area contributed by atoms with Crippen LogP contribution >= 0.6 is 24.0 Å². The molecule has 0 radical (unpaired) electrons. The predicted octanol–water partition coefficient (Wildman–Crippen LogP) is 2.81. The van der Waals surface area contributed by atoms with Crippen molar-refractivity contribution in [3.8, 4) is 0 Å². The summed E-state index contributed by atoms with van der Waals surface area (Å²) in [5, 5.41) is 4.81. The van der Waals surface area contributed by atoms with Crippen LogP contribution in [-0.4, -0.2) is 11.9 Å². The van der Waals surface area contributed by atoms with Gasteiger partial charge in [0.05, 0.1) is 4.88 Å². The number of rotatable bonds is 3. The summed E-state index contributed by atoms with van der Waals surface area (Å²) in [7, 11) is 0. The van der Waals surface area contributed by atoms with Gasteiger partial charge in [-0.05, 0) is 18.9 Å². The summed E-state index contributed by atoms with van der Waals surface area (Å²) < 4.78 is 0. The highest BCUT2D eigenvalue weighted by atomic mass is 32.1. The average Bonchev–Trinajstić information content (AvgIpc) is 2.51. The van der Waals surface area contributed by atoms with Crippen LogP contribution in [0.4, 0.5) is 0 Å². The van der Waals surface area contributed by atoms with Crippen LogP contribution in [0.2, 0.25) is 0 Å². The highest BCUT2D eigenvalue weighted by molar-refractivity contribution is 7.80. The molecule has 2 nitrogen and oxygen atoms in total. The van der Waals surface area contributed by atoms with E-state index >= 15 is 0 Å². The molecule has 1 atom stereocenters. The number of hydrogen-bond acceptors (Lipinski definition) is 3. The summed E-state index contributed by atoms with van der Waals surface area (Å²) in [4.78, 5) is 13.2. The predicted molar refractivity (Wildman–Crippen MR) is 63.3 cm³/mol. The van der Waals surface area contributed by atoms with Crippen LogP contribution in [0.5, 0.6) is 0 Å². The van der Waals surface area contributed by atoms with Crippen molar-refractivity contribution >= 4 is 29.9 Å². The van der Waals surface area contributed by atoms with E-state index < -0.39 is 0 Å². The third-order valence-electron chi connectivity index (χ3n) is 2.17. The first-order chi connectivity index (χ1) is 6.50. The third kappa shape index (κ3) is 3.03.